The minimum atomic E-state index is 0.0122. The van der Waals surface area contributed by atoms with Gasteiger partial charge in [0.2, 0.25) is 0 Å². The maximum absolute atomic E-state index is 6.04. The number of hydrogen-bond acceptors (Lipinski definition) is 3. The Balaban J connectivity index is 1.55. The van der Waals surface area contributed by atoms with Gasteiger partial charge in [-0.25, -0.2) is 4.68 Å². The molecule has 0 bridgehead atoms. The van der Waals surface area contributed by atoms with Crippen LogP contribution in [0.4, 0.5) is 0 Å². The fraction of sp³-hybridized carbons (Fsp3) is 0.231. The highest BCUT2D eigenvalue weighted by molar-refractivity contribution is 5.90. The maximum Gasteiger partial charge on any atom is 0.150 e. The van der Waals surface area contributed by atoms with Crippen LogP contribution in [0.5, 0.6) is 0 Å². The van der Waals surface area contributed by atoms with Crippen molar-refractivity contribution in [3.8, 4) is 0 Å². The average molecular weight is 396 g/mol. The first-order valence-corrected chi connectivity index (χ1v) is 10.6. The molecule has 5 rings (SSSR count). The van der Waals surface area contributed by atoms with Crippen molar-refractivity contribution < 1.29 is 4.74 Å². The van der Waals surface area contributed by atoms with Gasteiger partial charge in [0.25, 0.3) is 0 Å². The highest BCUT2D eigenvalue weighted by Crippen LogP contribution is 2.30. The van der Waals surface area contributed by atoms with E-state index in [0.29, 0.717) is 0 Å². The SMILES string of the molecule is C(=Cc1nn(C2CCCCO2)c2ccc(Cc3ccccc3)cc12)c1ccccn1. The van der Waals surface area contributed by atoms with E-state index in [-0.39, 0.29) is 6.23 Å². The van der Waals surface area contributed by atoms with Gasteiger partial charge in [0.1, 0.15) is 0 Å². The summed E-state index contributed by atoms with van der Waals surface area (Å²) in [5.74, 6) is 0. The van der Waals surface area contributed by atoms with Gasteiger partial charge in [-0.1, -0.05) is 42.5 Å². The van der Waals surface area contributed by atoms with Gasteiger partial charge in [-0.3, -0.25) is 4.98 Å². The van der Waals surface area contributed by atoms with Crippen LogP contribution in [0, 0.1) is 0 Å². The van der Waals surface area contributed by atoms with E-state index >= 15 is 0 Å². The second kappa shape index (κ2) is 8.64. The van der Waals surface area contributed by atoms with Gasteiger partial charge in [0, 0.05) is 18.2 Å². The second-order valence-corrected chi connectivity index (χ2v) is 7.75. The van der Waals surface area contributed by atoms with Crippen molar-refractivity contribution in [1.82, 2.24) is 14.8 Å². The van der Waals surface area contributed by atoms with Crippen LogP contribution < -0.4 is 0 Å². The largest absolute Gasteiger partial charge is 0.356 e. The third-order valence-electron chi connectivity index (χ3n) is 5.58. The first-order chi connectivity index (χ1) is 14.9. The van der Waals surface area contributed by atoms with E-state index in [4.69, 9.17) is 9.84 Å². The van der Waals surface area contributed by atoms with Crippen molar-refractivity contribution in [2.45, 2.75) is 31.9 Å². The number of rotatable bonds is 5. The van der Waals surface area contributed by atoms with Crippen LogP contribution in [0.15, 0.2) is 72.9 Å². The Morgan fingerprint density at radius 1 is 0.933 bits per heavy atom. The van der Waals surface area contributed by atoms with E-state index in [1.807, 2.05) is 30.5 Å². The van der Waals surface area contributed by atoms with E-state index < -0.39 is 0 Å². The monoisotopic (exact) mass is 395 g/mol. The molecule has 1 aliphatic rings. The van der Waals surface area contributed by atoms with Crippen LogP contribution in [0.2, 0.25) is 0 Å². The summed E-state index contributed by atoms with van der Waals surface area (Å²) in [6, 6.07) is 23.2. The summed E-state index contributed by atoms with van der Waals surface area (Å²) in [4.78, 5) is 4.40. The van der Waals surface area contributed by atoms with Crippen molar-refractivity contribution in [3.63, 3.8) is 0 Å². The summed E-state index contributed by atoms with van der Waals surface area (Å²) >= 11 is 0. The van der Waals surface area contributed by atoms with Crippen molar-refractivity contribution in [1.29, 1.82) is 0 Å². The summed E-state index contributed by atoms with van der Waals surface area (Å²) in [6.07, 6.45) is 10.1. The summed E-state index contributed by atoms with van der Waals surface area (Å²) in [5.41, 5.74) is 5.60. The van der Waals surface area contributed by atoms with Gasteiger partial charge in [-0.15, -0.1) is 0 Å². The third-order valence-corrected chi connectivity index (χ3v) is 5.58. The molecule has 2 aromatic heterocycles. The Labute approximate surface area is 176 Å². The Kier molecular flexibility index (Phi) is 5.40. The number of ether oxygens (including phenoxy) is 1. The predicted molar refractivity (Wildman–Crippen MR) is 121 cm³/mol. The number of fused-ring (bicyclic) bond motifs is 1. The minimum Gasteiger partial charge on any atom is -0.356 e. The number of nitrogens with zero attached hydrogens (tertiary/aromatic N) is 3. The molecule has 3 heterocycles. The standard InChI is InChI=1S/C26H25N3O/c1-2-8-20(9-3-1)18-21-12-15-25-23(19-21)24(14-13-22-10-4-6-16-27-22)28-29(25)26-11-5-7-17-30-26/h1-4,6,8-10,12-16,19,26H,5,7,11,17-18H2. The van der Waals surface area contributed by atoms with Crippen LogP contribution in [-0.4, -0.2) is 21.4 Å². The lowest BCUT2D eigenvalue weighted by atomic mass is 10.0. The molecule has 1 unspecified atom stereocenters. The number of benzene rings is 2. The number of pyridine rings is 1. The van der Waals surface area contributed by atoms with E-state index in [1.165, 1.54) is 17.5 Å². The highest BCUT2D eigenvalue weighted by Gasteiger charge is 2.20. The fourth-order valence-corrected chi connectivity index (χ4v) is 4.05. The first-order valence-electron chi connectivity index (χ1n) is 10.6. The van der Waals surface area contributed by atoms with Gasteiger partial charge in [0.15, 0.2) is 6.23 Å². The second-order valence-electron chi connectivity index (χ2n) is 7.75. The van der Waals surface area contributed by atoms with Crippen LogP contribution >= 0.6 is 0 Å². The fourth-order valence-electron chi connectivity index (χ4n) is 4.05. The quantitative estimate of drug-likeness (QED) is 0.423. The van der Waals surface area contributed by atoms with Crippen molar-refractivity contribution in [3.05, 3.63) is 95.4 Å². The zero-order chi connectivity index (χ0) is 20.2. The summed E-state index contributed by atoms with van der Waals surface area (Å²) < 4.78 is 8.11. The predicted octanol–water partition coefficient (Wildman–Crippen LogP) is 5.89. The van der Waals surface area contributed by atoms with Crippen LogP contribution in [0.1, 0.15) is 48.0 Å². The molecule has 0 radical (unpaired) electrons. The molecule has 0 spiro atoms. The van der Waals surface area contributed by atoms with Gasteiger partial charge in [-0.2, -0.15) is 5.10 Å². The van der Waals surface area contributed by atoms with Gasteiger partial charge in [0.05, 0.1) is 16.9 Å². The molecule has 0 N–H and O–H groups in total. The molecule has 2 aromatic carbocycles. The molecule has 0 saturated carbocycles. The molecule has 4 heteroatoms. The Morgan fingerprint density at radius 3 is 2.63 bits per heavy atom. The molecule has 4 nitrogen and oxygen atoms in total. The summed E-state index contributed by atoms with van der Waals surface area (Å²) in [7, 11) is 0. The van der Waals surface area contributed by atoms with Gasteiger partial charge >= 0.3 is 0 Å². The Hall–Kier alpha value is -3.24. The van der Waals surface area contributed by atoms with Crippen LogP contribution in [-0.2, 0) is 11.2 Å². The lowest BCUT2D eigenvalue weighted by Crippen LogP contribution is -2.19. The molecule has 0 amide bonds. The van der Waals surface area contributed by atoms with Gasteiger partial charge in [-0.05, 0) is 73.2 Å². The molecule has 1 saturated heterocycles. The smallest absolute Gasteiger partial charge is 0.150 e. The van der Waals surface area contributed by atoms with E-state index in [0.717, 1.165) is 48.2 Å². The minimum absolute atomic E-state index is 0.0122. The van der Waals surface area contributed by atoms with Gasteiger partial charge < -0.3 is 4.74 Å². The van der Waals surface area contributed by atoms with Crippen LogP contribution in [0.3, 0.4) is 0 Å². The van der Waals surface area contributed by atoms with Crippen molar-refractivity contribution >= 4 is 23.1 Å². The Bertz CT molecular complexity index is 1140. The number of aromatic nitrogens is 3. The lowest BCUT2D eigenvalue weighted by molar-refractivity contribution is -0.0367. The van der Waals surface area contributed by atoms with Crippen LogP contribution in [0.25, 0.3) is 23.1 Å². The van der Waals surface area contributed by atoms with E-state index in [9.17, 15) is 0 Å². The normalized spacial score (nSPS) is 17.0. The molecule has 1 fully saturated rings. The molecule has 4 aromatic rings. The van der Waals surface area contributed by atoms with E-state index in [2.05, 4.69) is 64.3 Å². The van der Waals surface area contributed by atoms with E-state index in [1.54, 1.807) is 0 Å². The third kappa shape index (κ3) is 4.05. The lowest BCUT2D eigenvalue weighted by Gasteiger charge is -2.23. The molecular weight excluding hydrogens is 370 g/mol. The number of hydrogen-bond donors (Lipinski definition) is 0. The summed E-state index contributed by atoms with van der Waals surface area (Å²) in [5, 5.41) is 6.11. The summed E-state index contributed by atoms with van der Waals surface area (Å²) in [6.45, 7) is 0.803. The first kappa shape index (κ1) is 18.8. The molecule has 1 atom stereocenters. The Morgan fingerprint density at radius 2 is 1.83 bits per heavy atom. The molecule has 0 aliphatic carbocycles. The molecular formula is C26H25N3O. The zero-order valence-corrected chi connectivity index (χ0v) is 16.9. The van der Waals surface area contributed by atoms with Crippen molar-refractivity contribution in [2.75, 3.05) is 6.61 Å². The van der Waals surface area contributed by atoms with Crippen molar-refractivity contribution in [2.24, 2.45) is 0 Å². The maximum atomic E-state index is 6.04. The highest BCUT2D eigenvalue weighted by atomic mass is 16.5. The molecule has 1 aliphatic heterocycles. The average Bonchev–Trinajstić information content (AvgIpc) is 3.17. The topological polar surface area (TPSA) is 39.9 Å². The molecule has 30 heavy (non-hydrogen) atoms. The molecule has 150 valence electrons. The zero-order valence-electron chi connectivity index (χ0n) is 16.9.